The Hall–Kier alpha value is -0.520. The SMILES string of the molecule is CC1NCCCC1NCc1cnns1. The highest BCUT2D eigenvalue weighted by atomic mass is 32.1. The van der Waals surface area contributed by atoms with Gasteiger partial charge in [-0.05, 0) is 37.8 Å². The van der Waals surface area contributed by atoms with Crippen LogP contribution < -0.4 is 10.6 Å². The van der Waals surface area contributed by atoms with E-state index < -0.39 is 0 Å². The molecule has 0 bridgehead atoms. The molecule has 2 N–H and O–H groups in total. The molecule has 0 aromatic carbocycles. The van der Waals surface area contributed by atoms with Gasteiger partial charge in [-0.15, -0.1) is 5.10 Å². The summed E-state index contributed by atoms with van der Waals surface area (Å²) in [6.45, 7) is 4.29. The van der Waals surface area contributed by atoms with E-state index in [1.165, 1.54) is 29.3 Å². The summed E-state index contributed by atoms with van der Waals surface area (Å²) >= 11 is 1.47. The first-order valence-electron chi connectivity index (χ1n) is 5.09. The van der Waals surface area contributed by atoms with Crippen molar-refractivity contribution in [2.45, 2.75) is 38.4 Å². The van der Waals surface area contributed by atoms with Crippen LogP contribution in [-0.2, 0) is 6.54 Å². The molecule has 1 aliphatic rings. The molecule has 0 amide bonds. The van der Waals surface area contributed by atoms with Gasteiger partial charge in [-0.3, -0.25) is 0 Å². The minimum atomic E-state index is 0.574. The minimum absolute atomic E-state index is 0.574. The summed E-state index contributed by atoms with van der Waals surface area (Å²) in [5, 5.41) is 10.8. The van der Waals surface area contributed by atoms with Crippen LogP contribution in [0.2, 0.25) is 0 Å². The molecule has 1 aromatic heterocycles. The Kier molecular flexibility index (Phi) is 3.44. The van der Waals surface area contributed by atoms with Gasteiger partial charge in [0.15, 0.2) is 0 Å². The first-order valence-corrected chi connectivity index (χ1v) is 5.86. The quantitative estimate of drug-likeness (QED) is 0.777. The van der Waals surface area contributed by atoms with E-state index in [-0.39, 0.29) is 0 Å². The van der Waals surface area contributed by atoms with Gasteiger partial charge in [-0.1, -0.05) is 4.49 Å². The summed E-state index contributed by atoms with van der Waals surface area (Å²) < 4.78 is 3.84. The molecule has 14 heavy (non-hydrogen) atoms. The Morgan fingerprint density at radius 3 is 3.36 bits per heavy atom. The molecule has 1 aromatic rings. The van der Waals surface area contributed by atoms with E-state index >= 15 is 0 Å². The zero-order valence-corrected chi connectivity index (χ0v) is 9.18. The second-order valence-corrected chi connectivity index (χ2v) is 4.63. The van der Waals surface area contributed by atoms with E-state index in [1.807, 2.05) is 6.20 Å². The topological polar surface area (TPSA) is 49.8 Å². The van der Waals surface area contributed by atoms with Crippen LogP contribution in [0, 0.1) is 0 Å². The maximum Gasteiger partial charge on any atom is 0.0666 e. The lowest BCUT2D eigenvalue weighted by atomic mass is 10.00. The molecule has 78 valence electrons. The third-order valence-electron chi connectivity index (χ3n) is 2.71. The fourth-order valence-electron chi connectivity index (χ4n) is 1.82. The Bertz CT molecular complexity index is 262. The zero-order chi connectivity index (χ0) is 9.80. The maximum absolute atomic E-state index is 3.84. The lowest BCUT2D eigenvalue weighted by Crippen LogP contribution is -2.49. The molecule has 0 spiro atoms. The van der Waals surface area contributed by atoms with E-state index in [0.29, 0.717) is 12.1 Å². The largest absolute Gasteiger partial charge is 0.313 e. The second kappa shape index (κ2) is 4.82. The molecule has 2 rings (SSSR count). The third-order valence-corrected chi connectivity index (χ3v) is 3.37. The van der Waals surface area contributed by atoms with Gasteiger partial charge in [0.05, 0.1) is 11.1 Å². The van der Waals surface area contributed by atoms with E-state index in [9.17, 15) is 0 Å². The molecule has 0 saturated carbocycles. The van der Waals surface area contributed by atoms with Crippen molar-refractivity contribution in [3.8, 4) is 0 Å². The number of aromatic nitrogens is 2. The Labute approximate surface area is 88.3 Å². The average molecular weight is 212 g/mol. The molecular formula is C9H16N4S. The highest BCUT2D eigenvalue weighted by molar-refractivity contribution is 7.05. The molecule has 0 radical (unpaired) electrons. The number of rotatable bonds is 3. The first-order chi connectivity index (χ1) is 6.86. The summed E-state index contributed by atoms with van der Waals surface area (Å²) in [4.78, 5) is 1.21. The maximum atomic E-state index is 3.84. The predicted octanol–water partition coefficient (Wildman–Crippen LogP) is 0.768. The van der Waals surface area contributed by atoms with Gasteiger partial charge in [0.2, 0.25) is 0 Å². The molecule has 0 aliphatic carbocycles. The summed E-state index contributed by atoms with van der Waals surface area (Å²) in [7, 11) is 0. The van der Waals surface area contributed by atoms with E-state index in [4.69, 9.17) is 0 Å². The summed E-state index contributed by atoms with van der Waals surface area (Å²) in [6.07, 6.45) is 4.36. The number of nitrogens with zero attached hydrogens (tertiary/aromatic N) is 2. The number of piperidine rings is 1. The van der Waals surface area contributed by atoms with Crippen LogP contribution in [0.5, 0.6) is 0 Å². The average Bonchev–Trinajstić information content (AvgIpc) is 2.69. The van der Waals surface area contributed by atoms with Crippen LogP contribution in [0.25, 0.3) is 0 Å². The van der Waals surface area contributed by atoms with Crippen LogP contribution in [0.4, 0.5) is 0 Å². The highest BCUT2D eigenvalue weighted by Crippen LogP contribution is 2.10. The van der Waals surface area contributed by atoms with Crippen LogP contribution in [0.1, 0.15) is 24.6 Å². The number of nitrogens with one attached hydrogen (secondary N) is 2. The molecular weight excluding hydrogens is 196 g/mol. The van der Waals surface area contributed by atoms with Gasteiger partial charge in [0.1, 0.15) is 0 Å². The van der Waals surface area contributed by atoms with Gasteiger partial charge in [-0.25, -0.2) is 0 Å². The molecule has 2 unspecified atom stereocenters. The Morgan fingerprint density at radius 1 is 1.71 bits per heavy atom. The van der Waals surface area contributed by atoms with Crippen LogP contribution >= 0.6 is 11.5 Å². The van der Waals surface area contributed by atoms with Crippen molar-refractivity contribution in [3.05, 3.63) is 11.1 Å². The van der Waals surface area contributed by atoms with Crippen molar-refractivity contribution in [2.75, 3.05) is 6.54 Å². The van der Waals surface area contributed by atoms with Crippen LogP contribution in [-0.4, -0.2) is 28.2 Å². The van der Waals surface area contributed by atoms with E-state index in [0.717, 1.165) is 13.1 Å². The van der Waals surface area contributed by atoms with Crippen molar-refractivity contribution in [2.24, 2.45) is 0 Å². The van der Waals surface area contributed by atoms with Gasteiger partial charge in [0, 0.05) is 18.6 Å². The zero-order valence-electron chi connectivity index (χ0n) is 8.36. The van der Waals surface area contributed by atoms with Gasteiger partial charge in [0.25, 0.3) is 0 Å². The second-order valence-electron chi connectivity index (χ2n) is 3.76. The van der Waals surface area contributed by atoms with Crippen molar-refractivity contribution < 1.29 is 0 Å². The number of hydrogen-bond acceptors (Lipinski definition) is 5. The molecule has 2 atom stereocenters. The lowest BCUT2D eigenvalue weighted by molar-refractivity contribution is 0.316. The molecule has 1 fully saturated rings. The van der Waals surface area contributed by atoms with Crippen molar-refractivity contribution in [1.82, 2.24) is 20.2 Å². The molecule has 1 saturated heterocycles. The highest BCUT2D eigenvalue weighted by Gasteiger charge is 2.19. The first kappa shape index (κ1) is 10.0. The molecule has 1 aliphatic heterocycles. The predicted molar refractivity (Wildman–Crippen MR) is 57.2 cm³/mol. The third kappa shape index (κ3) is 2.50. The fraction of sp³-hybridized carbons (Fsp3) is 0.778. The molecule has 5 heteroatoms. The number of hydrogen-bond donors (Lipinski definition) is 2. The minimum Gasteiger partial charge on any atom is -0.313 e. The molecule has 2 heterocycles. The van der Waals surface area contributed by atoms with Crippen molar-refractivity contribution >= 4 is 11.5 Å². The summed E-state index contributed by atoms with van der Waals surface area (Å²) in [5.41, 5.74) is 0. The fourth-order valence-corrected chi connectivity index (χ4v) is 2.26. The molecule has 4 nitrogen and oxygen atoms in total. The van der Waals surface area contributed by atoms with Crippen LogP contribution in [0.15, 0.2) is 6.20 Å². The monoisotopic (exact) mass is 212 g/mol. The van der Waals surface area contributed by atoms with Gasteiger partial charge in [-0.2, -0.15) is 0 Å². The Balaban J connectivity index is 1.79. The summed E-state index contributed by atoms with van der Waals surface area (Å²) in [5.74, 6) is 0. The van der Waals surface area contributed by atoms with Gasteiger partial charge >= 0.3 is 0 Å². The standard InChI is InChI=1S/C9H16N4S/c1-7-9(3-2-4-10-7)11-5-8-6-12-13-14-8/h6-7,9-11H,2-5H2,1H3. The van der Waals surface area contributed by atoms with E-state index in [2.05, 4.69) is 27.1 Å². The van der Waals surface area contributed by atoms with Gasteiger partial charge < -0.3 is 10.6 Å². The smallest absolute Gasteiger partial charge is 0.0666 e. The Morgan fingerprint density at radius 2 is 2.64 bits per heavy atom. The summed E-state index contributed by atoms with van der Waals surface area (Å²) in [6, 6.07) is 1.16. The van der Waals surface area contributed by atoms with Crippen molar-refractivity contribution in [3.63, 3.8) is 0 Å². The lowest BCUT2D eigenvalue weighted by Gasteiger charge is -2.30. The van der Waals surface area contributed by atoms with Crippen molar-refractivity contribution in [1.29, 1.82) is 0 Å². The van der Waals surface area contributed by atoms with E-state index in [1.54, 1.807) is 0 Å². The normalized spacial score (nSPS) is 27.8. The van der Waals surface area contributed by atoms with Crippen LogP contribution in [0.3, 0.4) is 0 Å².